The molecule has 0 aliphatic carbocycles. The van der Waals surface area contributed by atoms with Crippen LogP contribution in [0.15, 0.2) is 96.7 Å². The Morgan fingerprint density at radius 1 is 0.921 bits per heavy atom. The van der Waals surface area contributed by atoms with Crippen molar-refractivity contribution in [3.63, 3.8) is 0 Å². The first kappa shape index (κ1) is 44.2. The van der Waals surface area contributed by atoms with E-state index in [2.05, 4.69) is 122 Å². The van der Waals surface area contributed by atoms with Crippen LogP contribution in [-0.2, 0) is 36.5 Å². The second kappa shape index (κ2) is 19.1. The summed E-state index contributed by atoms with van der Waals surface area (Å²) in [6.45, 7) is 14.4. The lowest BCUT2D eigenvalue weighted by Gasteiger charge is -2.46. The number of carbonyl (C=O) groups excluding carboxylic acids is 3. The van der Waals surface area contributed by atoms with E-state index in [4.69, 9.17) is 14.2 Å². The fourth-order valence-electron chi connectivity index (χ4n) is 10.1. The standard InChI is InChI=1S/C51H64N6O6/c1-50(2)38-17-9-11-19-41(38)54(5)45(50)22-15-23-46-51(3,4)39-18-10-12-20-42(39)57(46)27-14-6-7-24-47(58)52-26-29-62-43-21-13-8-16-37(43)34-61-33-36-30-56(31-36)49(60)55-28-25-44-40(32-55)53-48(59)35-63-44/h8-13,15-23,36,40,44H,6-7,14,24-35H2,1-5H3,(H-,52,53,58,59)/p+1/t40-,44+/m1/s1. The fourth-order valence-corrected chi connectivity index (χ4v) is 10.1. The SMILES string of the molecule is CN1/C(=C\C=C\C2=[N+](CCCCCC(=O)NCCOc3ccccc3COCC3CN(C(=O)N4CC[C@@H]5OCC(=O)N[C@@H]5C4)C3)c3ccccc3C2(C)C)C(C)(C)c2ccccc21. The van der Waals surface area contributed by atoms with Crippen LogP contribution in [0.25, 0.3) is 0 Å². The van der Waals surface area contributed by atoms with Gasteiger partial charge in [0, 0.05) is 92.1 Å². The number of amides is 4. The molecule has 12 heteroatoms. The lowest BCUT2D eigenvalue weighted by molar-refractivity contribution is -0.438. The summed E-state index contributed by atoms with van der Waals surface area (Å²) >= 11 is 0. The van der Waals surface area contributed by atoms with Crippen LogP contribution < -0.4 is 20.3 Å². The Labute approximate surface area is 372 Å². The maximum Gasteiger partial charge on any atom is 0.320 e. The predicted octanol–water partition coefficient (Wildman–Crippen LogP) is 6.84. The normalized spacial score (nSPS) is 21.9. The van der Waals surface area contributed by atoms with Crippen molar-refractivity contribution in [3.8, 4) is 5.75 Å². The van der Waals surface area contributed by atoms with Gasteiger partial charge in [-0.05, 0) is 56.9 Å². The first-order valence-electron chi connectivity index (χ1n) is 22.9. The van der Waals surface area contributed by atoms with Gasteiger partial charge in [0.15, 0.2) is 5.71 Å². The zero-order valence-corrected chi connectivity index (χ0v) is 37.7. The molecule has 0 unspecified atom stereocenters. The molecule has 3 fully saturated rings. The van der Waals surface area contributed by atoms with E-state index in [1.54, 1.807) is 0 Å². The number of nitrogens with one attached hydrogen (secondary N) is 2. The highest BCUT2D eigenvalue weighted by Gasteiger charge is 2.44. The van der Waals surface area contributed by atoms with E-state index in [0.717, 1.165) is 43.5 Å². The number of nitrogens with zero attached hydrogens (tertiary/aromatic N) is 4. The molecule has 3 aromatic rings. The Kier molecular flexibility index (Phi) is 13.4. The third-order valence-electron chi connectivity index (χ3n) is 13.6. The van der Waals surface area contributed by atoms with Gasteiger partial charge in [0.05, 0.1) is 37.3 Å². The molecule has 3 saturated heterocycles. The lowest BCUT2D eigenvalue weighted by atomic mass is 9.81. The number of piperidine rings is 1. The summed E-state index contributed by atoms with van der Waals surface area (Å²) in [5, 5.41) is 6.00. The summed E-state index contributed by atoms with van der Waals surface area (Å²) in [7, 11) is 2.16. The van der Waals surface area contributed by atoms with Crippen molar-refractivity contribution in [3.05, 3.63) is 113 Å². The Morgan fingerprint density at radius 3 is 2.51 bits per heavy atom. The number of rotatable bonds is 16. The topological polar surface area (TPSA) is 116 Å². The monoisotopic (exact) mass is 857 g/mol. The number of urea groups is 1. The molecule has 0 saturated carbocycles. The quantitative estimate of drug-likeness (QED) is 0.120. The molecule has 0 radical (unpaired) electrons. The van der Waals surface area contributed by atoms with E-state index in [-0.39, 0.29) is 53.3 Å². The summed E-state index contributed by atoms with van der Waals surface area (Å²) in [5.41, 5.74) is 8.56. The van der Waals surface area contributed by atoms with Crippen molar-refractivity contribution in [1.29, 1.82) is 0 Å². The van der Waals surface area contributed by atoms with Gasteiger partial charge in [0.1, 0.15) is 25.5 Å². The van der Waals surface area contributed by atoms with Crippen molar-refractivity contribution < 1.29 is 33.2 Å². The molecule has 5 aliphatic rings. The van der Waals surface area contributed by atoms with Crippen LogP contribution in [0.2, 0.25) is 0 Å². The zero-order chi connectivity index (χ0) is 44.1. The predicted molar refractivity (Wildman–Crippen MR) is 246 cm³/mol. The number of unbranched alkanes of at least 4 members (excludes halogenated alkanes) is 2. The minimum absolute atomic E-state index is 0.0120. The molecule has 334 valence electrons. The minimum atomic E-state index is -0.139. The highest BCUT2D eigenvalue weighted by molar-refractivity contribution is 6.03. The van der Waals surface area contributed by atoms with Gasteiger partial charge in [-0.1, -0.05) is 74.5 Å². The smallest absolute Gasteiger partial charge is 0.320 e. The van der Waals surface area contributed by atoms with Gasteiger partial charge in [-0.25, -0.2) is 4.79 Å². The highest BCUT2D eigenvalue weighted by Crippen LogP contribution is 2.47. The number of likely N-dealkylation sites (N-methyl/N-ethyl adjacent to an activating group) is 1. The number of morpholine rings is 1. The molecule has 0 bridgehead atoms. The van der Waals surface area contributed by atoms with Crippen LogP contribution in [0, 0.1) is 5.92 Å². The van der Waals surface area contributed by atoms with E-state index in [1.165, 1.54) is 33.9 Å². The molecule has 4 amide bonds. The van der Waals surface area contributed by atoms with E-state index in [0.29, 0.717) is 59.0 Å². The van der Waals surface area contributed by atoms with Crippen molar-refractivity contribution in [2.45, 2.75) is 89.4 Å². The maximum atomic E-state index is 13.1. The van der Waals surface area contributed by atoms with Crippen molar-refractivity contribution in [2.24, 2.45) is 5.92 Å². The van der Waals surface area contributed by atoms with Crippen LogP contribution in [0.5, 0.6) is 5.75 Å². The van der Waals surface area contributed by atoms with E-state index in [9.17, 15) is 14.4 Å². The lowest BCUT2D eigenvalue weighted by Crippen LogP contribution is -2.64. The number of ether oxygens (including phenoxy) is 3. The molecule has 3 aromatic carbocycles. The van der Waals surface area contributed by atoms with Crippen LogP contribution in [0.1, 0.15) is 76.5 Å². The molecule has 12 nitrogen and oxygen atoms in total. The second-order valence-electron chi connectivity index (χ2n) is 18.7. The molecular formula is C51H65N6O6+. The van der Waals surface area contributed by atoms with Crippen molar-refractivity contribution >= 4 is 34.9 Å². The average Bonchev–Trinajstić information content (AvgIpc) is 3.60. The number of allylic oxidation sites excluding steroid dienone is 4. The van der Waals surface area contributed by atoms with E-state index < -0.39 is 0 Å². The Balaban J connectivity index is 0.739. The summed E-state index contributed by atoms with van der Waals surface area (Å²) < 4.78 is 20.3. The van der Waals surface area contributed by atoms with Gasteiger partial charge < -0.3 is 39.5 Å². The number of fused-ring (bicyclic) bond motifs is 3. The molecule has 5 aliphatic heterocycles. The molecule has 2 N–H and O–H groups in total. The maximum absolute atomic E-state index is 13.1. The molecule has 2 atom stereocenters. The van der Waals surface area contributed by atoms with Crippen LogP contribution in [0.4, 0.5) is 16.2 Å². The van der Waals surface area contributed by atoms with Gasteiger partial charge in [-0.3, -0.25) is 9.59 Å². The third-order valence-corrected chi connectivity index (χ3v) is 13.6. The summed E-state index contributed by atoms with van der Waals surface area (Å²) in [4.78, 5) is 43.6. The van der Waals surface area contributed by atoms with Gasteiger partial charge in [0.2, 0.25) is 17.5 Å². The zero-order valence-electron chi connectivity index (χ0n) is 37.7. The van der Waals surface area contributed by atoms with Gasteiger partial charge >= 0.3 is 6.03 Å². The van der Waals surface area contributed by atoms with E-state index >= 15 is 0 Å². The number of anilines is 1. The van der Waals surface area contributed by atoms with Gasteiger partial charge in [0.25, 0.3) is 0 Å². The Hall–Kier alpha value is -5.46. The first-order valence-corrected chi connectivity index (χ1v) is 22.9. The Morgan fingerprint density at radius 2 is 1.68 bits per heavy atom. The summed E-state index contributed by atoms with van der Waals surface area (Å²) in [6.07, 6.45) is 10.8. The van der Waals surface area contributed by atoms with Gasteiger partial charge in [-0.2, -0.15) is 4.58 Å². The average molecular weight is 858 g/mol. The van der Waals surface area contributed by atoms with Crippen LogP contribution >= 0.6 is 0 Å². The number of para-hydroxylation sites is 3. The van der Waals surface area contributed by atoms with Crippen LogP contribution in [-0.4, -0.2) is 116 Å². The molecule has 8 rings (SSSR count). The fraction of sp³-hybridized carbons (Fsp3) is 0.490. The van der Waals surface area contributed by atoms with E-state index in [1.807, 2.05) is 34.1 Å². The first-order chi connectivity index (χ1) is 30.4. The molecular weight excluding hydrogens is 793 g/mol. The third kappa shape index (κ3) is 9.57. The number of likely N-dealkylation sites (tertiary alicyclic amines) is 2. The molecule has 0 spiro atoms. The van der Waals surface area contributed by atoms with Gasteiger partial charge in [-0.15, -0.1) is 0 Å². The minimum Gasteiger partial charge on any atom is -0.491 e. The molecule has 0 aromatic heterocycles. The summed E-state index contributed by atoms with van der Waals surface area (Å²) in [6, 6.07) is 25.1. The number of hydrogen-bond acceptors (Lipinski definition) is 7. The molecule has 5 heterocycles. The van der Waals surface area contributed by atoms with Crippen LogP contribution in [0.3, 0.4) is 0 Å². The number of carbonyl (C=O) groups is 3. The largest absolute Gasteiger partial charge is 0.491 e. The van der Waals surface area contributed by atoms with Crippen molar-refractivity contribution in [2.75, 3.05) is 71.0 Å². The highest BCUT2D eigenvalue weighted by atomic mass is 16.5. The summed E-state index contributed by atoms with van der Waals surface area (Å²) in [5.74, 6) is 0.936. The second-order valence-corrected chi connectivity index (χ2v) is 18.7. The van der Waals surface area contributed by atoms with Crippen molar-refractivity contribution in [1.82, 2.24) is 20.4 Å². The molecule has 63 heavy (non-hydrogen) atoms. The number of hydrogen-bond donors (Lipinski definition) is 2. The Bertz CT molecular complexity index is 2260. The number of benzene rings is 3.